The summed E-state index contributed by atoms with van der Waals surface area (Å²) in [5.74, 6) is -1.51. The summed E-state index contributed by atoms with van der Waals surface area (Å²) in [6.07, 6.45) is -3.10. The van der Waals surface area contributed by atoms with Crippen molar-refractivity contribution >= 4 is 11.9 Å². The van der Waals surface area contributed by atoms with Crippen LogP contribution in [0, 0.1) is 5.92 Å². The minimum absolute atomic E-state index is 0.0106. The van der Waals surface area contributed by atoms with Crippen LogP contribution >= 0.6 is 0 Å². The molecule has 0 bridgehead atoms. The van der Waals surface area contributed by atoms with Crippen LogP contribution in [0.1, 0.15) is 49.7 Å². The van der Waals surface area contributed by atoms with Gasteiger partial charge >= 0.3 is 12.1 Å². The van der Waals surface area contributed by atoms with Gasteiger partial charge in [-0.25, -0.2) is 0 Å². The zero-order valence-electron chi connectivity index (χ0n) is 14.1. The second kappa shape index (κ2) is 7.89. The topological polar surface area (TPSA) is 57.6 Å². The van der Waals surface area contributed by atoms with E-state index in [1.54, 1.807) is 17.9 Å². The second-order valence-corrected chi connectivity index (χ2v) is 6.61. The molecule has 0 radical (unpaired) electrons. The van der Waals surface area contributed by atoms with E-state index in [2.05, 4.69) is 0 Å². The monoisotopic (exact) mass is 357 g/mol. The Morgan fingerprint density at radius 2 is 1.84 bits per heavy atom. The molecule has 1 heterocycles. The Labute approximate surface area is 144 Å². The van der Waals surface area contributed by atoms with Crippen LogP contribution in [0.5, 0.6) is 0 Å². The van der Waals surface area contributed by atoms with Gasteiger partial charge in [0, 0.05) is 25.9 Å². The third kappa shape index (κ3) is 5.21. The molecular formula is C18H22F3NO3. The second-order valence-electron chi connectivity index (χ2n) is 6.61. The summed E-state index contributed by atoms with van der Waals surface area (Å²) in [4.78, 5) is 24.8. The summed E-state index contributed by atoms with van der Waals surface area (Å²) in [7, 11) is 0. The van der Waals surface area contributed by atoms with E-state index in [-0.39, 0.29) is 30.2 Å². The van der Waals surface area contributed by atoms with E-state index in [0.717, 1.165) is 6.07 Å². The van der Waals surface area contributed by atoms with Gasteiger partial charge in [0.1, 0.15) is 0 Å². The number of amides is 1. The van der Waals surface area contributed by atoms with Gasteiger partial charge in [0.05, 0.1) is 5.56 Å². The number of carboxylic acids is 1. The number of carboxylic acid groups (broad SMARTS) is 1. The number of alkyl halides is 3. The Morgan fingerprint density at radius 3 is 2.40 bits per heavy atom. The molecule has 1 fully saturated rings. The molecule has 2 rings (SSSR count). The van der Waals surface area contributed by atoms with Crippen LogP contribution in [0.25, 0.3) is 0 Å². The summed E-state index contributed by atoms with van der Waals surface area (Å²) in [6, 6.07) is 5.34. The predicted molar refractivity (Wildman–Crippen MR) is 86.0 cm³/mol. The number of carbonyl (C=O) groups is 2. The highest BCUT2D eigenvalue weighted by molar-refractivity contribution is 5.77. The van der Waals surface area contributed by atoms with Crippen molar-refractivity contribution < 1.29 is 27.9 Å². The summed E-state index contributed by atoms with van der Waals surface area (Å²) < 4.78 is 39.3. The van der Waals surface area contributed by atoms with Crippen LogP contribution < -0.4 is 0 Å². The summed E-state index contributed by atoms with van der Waals surface area (Å²) in [6.45, 7) is 2.55. The summed E-state index contributed by atoms with van der Waals surface area (Å²) >= 11 is 0. The zero-order valence-corrected chi connectivity index (χ0v) is 14.1. The zero-order chi connectivity index (χ0) is 18.6. The van der Waals surface area contributed by atoms with E-state index in [9.17, 15) is 22.8 Å². The number of nitrogens with zero attached hydrogens (tertiary/aromatic N) is 1. The predicted octanol–water partition coefficient (Wildman–Crippen LogP) is 3.91. The van der Waals surface area contributed by atoms with Gasteiger partial charge in [-0.05, 0) is 36.3 Å². The first kappa shape index (κ1) is 19.3. The molecule has 4 nitrogen and oxygen atoms in total. The highest BCUT2D eigenvalue weighted by atomic mass is 19.4. The normalized spacial score (nSPS) is 17.4. The summed E-state index contributed by atoms with van der Waals surface area (Å²) in [5, 5.41) is 8.81. The smallest absolute Gasteiger partial charge is 0.416 e. The minimum atomic E-state index is -4.44. The fourth-order valence-electron chi connectivity index (χ4n) is 3.32. The number of aliphatic carboxylic acids is 1. The van der Waals surface area contributed by atoms with E-state index in [1.807, 2.05) is 0 Å². The fraction of sp³-hybridized carbons (Fsp3) is 0.556. The van der Waals surface area contributed by atoms with Crippen LogP contribution in [-0.4, -0.2) is 35.0 Å². The first-order valence-electron chi connectivity index (χ1n) is 8.34. The molecule has 1 aromatic carbocycles. The molecule has 1 amide bonds. The maximum absolute atomic E-state index is 13.1. The molecule has 0 aliphatic carbocycles. The Balaban J connectivity index is 1.97. The van der Waals surface area contributed by atoms with E-state index >= 15 is 0 Å². The lowest BCUT2D eigenvalue weighted by Gasteiger charge is -2.32. The van der Waals surface area contributed by atoms with E-state index in [4.69, 9.17) is 5.11 Å². The van der Waals surface area contributed by atoms with Crippen molar-refractivity contribution in [1.82, 2.24) is 4.90 Å². The Morgan fingerprint density at radius 1 is 1.24 bits per heavy atom. The first-order chi connectivity index (χ1) is 11.7. The Hall–Kier alpha value is -2.05. The first-order valence-corrected chi connectivity index (χ1v) is 8.34. The number of likely N-dealkylation sites (tertiary alicyclic amines) is 1. The highest BCUT2D eigenvalue weighted by Gasteiger charge is 2.35. The molecule has 0 spiro atoms. The Bertz CT molecular complexity index is 622. The quantitative estimate of drug-likeness (QED) is 0.869. The van der Waals surface area contributed by atoms with Crippen molar-refractivity contribution in [3.05, 3.63) is 35.4 Å². The van der Waals surface area contributed by atoms with Crippen LogP contribution in [0.15, 0.2) is 24.3 Å². The number of halogens is 3. The fourth-order valence-corrected chi connectivity index (χ4v) is 3.32. The van der Waals surface area contributed by atoms with Gasteiger partial charge in [0.2, 0.25) is 5.91 Å². The molecule has 0 aromatic heterocycles. The number of hydrogen-bond acceptors (Lipinski definition) is 2. The van der Waals surface area contributed by atoms with Gasteiger partial charge in [-0.1, -0.05) is 25.1 Å². The largest absolute Gasteiger partial charge is 0.481 e. The van der Waals surface area contributed by atoms with Crippen molar-refractivity contribution in [3.8, 4) is 0 Å². The van der Waals surface area contributed by atoms with Crippen LogP contribution in [0.4, 0.5) is 13.2 Å². The SMILES string of the molecule is CC(CC(=O)N1CCC(CC(=O)O)CC1)c1ccccc1C(F)(F)F. The van der Waals surface area contributed by atoms with E-state index < -0.39 is 23.6 Å². The maximum atomic E-state index is 13.1. The molecule has 0 saturated carbocycles. The van der Waals surface area contributed by atoms with Gasteiger partial charge in [-0.3, -0.25) is 9.59 Å². The number of rotatable bonds is 5. The van der Waals surface area contributed by atoms with E-state index in [1.165, 1.54) is 12.1 Å². The van der Waals surface area contributed by atoms with Crippen molar-refractivity contribution in [2.75, 3.05) is 13.1 Å². The molecule has 1 saturated heterocycles. The molecule has 1 atom stereocenters. The molecule has 1 aromatic rings. The molecule has 1 N–H and O–H groups in total. The van der Waals surface area contributed by atoms with E-state index in [0.29, 0.717) is 25.9 Å². The average Bonchev–Trinajstić information content (AvgIpc) is 2.54. The van der Waals surface area contributed by atoms with Gasteiger partial charge in [-0.2, -0.15) is 13.2 Å². The van der Waals surface area contributed by atoms with Crippen molar-refractivity contribution in [3.63, 3.8) is 0 Å². The van der Waals surface area contributed by atoms with Crippen LogP contribution in [0.3, 0.4) is 0 Å². The number of carbonyl (C=O) groups excluding carboxylic acids is 1. The maximum Gasteiger partial charge on any atom is 0.416 e. The molecule has 1 aliphatic heterocycles. The number of hydrogen-bond donors (Lipinski definition) is 1. The Kier molecular flexibility index (Phi) is 6.08. The molecule has 7 heteroatoms. The van der Waals surface area contributed by atoms with Crippen LogP contribution in [0.2, 0.25) is 0 Å². The third-order valence-electron chi connectivity index (χ3n) is 4.71. The lowest BCUT2D eigenvalue weighted by molar-refractivity contribution is -0.140. The molecule has 1 unspecified atom stereocenters. The van der Waals surface area contributed by atoms with Gasteiger partial charge in [0.15, 0.2) is 0 Å². The number of piperidine rings is 1. The van der Waals surface area contributed by atoms with Crippen molar-refractivity contribution in [2.45, 2.75) is 44.7 Å². The summed E-state index contributed by atoms with van der Waals surface area (Å²) in [5.41, 5.74) is -0.570. The third-order valence-corrected chi connectivity index (χ3v) is 4.71. The lowest BCUT2D eigenvalue weighted by Crippen LogP contribution is -2.39. The lowest BCUT2D eigenvalue weighted by atomic mass is 9.90. The highest BCUT2D eigenvalue weighted by Crippen LogP contribution is 2.36. The molecule has 1 aliphatic rings. The molecule has 25 heavy (non-hydrogen) atoms. The van der Waals surface area contributed by atoms with Crippen molar-refractivity contribution in [2.24, 2.45) is 5.92 Å². The molecular weight excluding hydrogens is 335 g/mol. The van der Waals surface area contributed by atoms with Gasteiger partial charge in [0.25, 0.3) is 0 Å². The average molecular weight is 357 g/mol. The van der Waals surface area contributed by atoms with Crippen molar-refractivity contribution in [1.29, 1.82) is 0 Å². The van der Waals surface area contributed by atoms with Crippen LogP contribution in [-0.2, 0) is 15.8 Å². The number of benzene rings is 1. The molecule has 138 valence electrons. The van der Waals surface area contributed by atoms with Gasteiger partial charge < -0.3 is 10.0 Å². The standard InChI is InChI=1S/C18H22F3NO3/c1-12(14-4-2-3-5-15(14)18(19,20)21)10-16(23)22-8-6-13(7-9-22)11-17(24)25/h2-5,12-13H,6-11H2,1H3,(H,24,25). The minimum Gasteiger partial charge on any atom is -0.481 e. The van der Waals surface area contributed by atoms with Gasteiger partial charge in [-0.15, -0.1) is 0 Å².